The summed E-state index contributed by atoms with van der Waals surface area (Å²) in [5.74, 6) is 1.01. The Bertz CT molecular complexity index is 930. The van der Waals surface area contributed by atoms with Crippen molar-refractivity contribution in [2.75, 3.05) is 14.2 Å². The van der Waals surface area contributed by atoms with Crippen LogP contribution >= 0.6 is 11.6 Å². The Morgan fingerprint density at radius 3 is 2.67 bits per heavy atom. The molecule has 1 N–H and O–H groups in total. The lowest BCUT2D eigenvalue weighted by atomic mass is 10.00. The zero-order valence-corrected chi connectivity index (χ0v) is 14.5. The van der Waals surface area contributed by atoms with Gasteiger partial charge in [-0.25, -0.2) is 0 Å². The summed E-state index contributed by atoms with van der Waals surface area (Å²) in [6.07, 6.45) is 1.47. The summed E-state index contributed by atoms with van der Waals surface area (Å²) in [6, 6.07) is 3.64. The first-order chi connectivity index (χ1) is 11.5. The normalized spacial score (nSPS) is 10.9. The molecule has 0 atom stereocenters. The van der Waals surface area contributed by atoms with Crippen molar-refractivity contribution in [2.24, 2.45) is 0 Å². The van der Waals surface area contributed by atoms with Gasteiger partial charge in [-0.3, -0.25) is 9.78 Å². The van der Waals surface area contributed by atoms with Crippen LogP contribution in [-0.2, 0) is 0 Å². The zero-order valence-electron chi connectivity index (χ0n) is 13.7. The van der Waals surface area contributed by atoms with Gasteiger partial charge in [-0.05, 0) is 26.0 Å². The number of nitrogens with zero attached hydrogens (tertiary/aromatic N) is 2. The Morgan fingerprint density at radius 1 is 1.33 bits per heavy atom. The number of aryl methyl sites for hydroxylation is 2. The lowest BCUT2D eigenvalue weighted by molar-refractivity contribution is 0.0963. The zero-order chi connectivity index (χ0) is 17.4. The van der Waals surface area contributed by atoms with Crippen molar-refractivity contribution in [2.45, 2.75) is 13.8 Å². The van der Waals surface area contributed by atoms with E-state index in [1.165, 1.54) is 6.20 Å². The molecule has 6 nitrogen and oxygen atoms in total. The minimum atomic E-state index is -0.289. The van der Waals surface area contributed by atoms with Crippen molar-refractivity contribution in [1.82, 2.24) is 15.5 Å². The van der Waals surface area contributed by atoms with Gasteiger partial charge in [-0.1, -0.05) is 16.8 Å². The third kappa shape index (κ3) is 2.49. The number of halogens is 1. The second-order valence-corrected chi connectivity index (χ2v) is 5.71. The van der Waals surface area contributed by atoms with E-state index < -0.39 is 0 Å². The average Bonchev–Trinajstić information content (AvgIpc) is 2.92. The van der Waals surface area contributed by atoms with Crippen molar-refractivity contribution in [3.63, 3.8) is 0 Å². The Balaban J connectivity index is 2.30. The van der Waals surface area contributed by atoms with Gasteiger partial charge in [0, 0.05) is 24.2 Å². The van der Waals surface area contributed by atoms with Gasteiger partial charge in [0.2, 0.25) is 0 Å². The van der Waals surface area contributed by atoms with E-state index in [1.807, 2.05) is 19.9 Å². The number of ether oxygens (including phenoxy) is 1. The number of pyridine rings is 1. The van der Waals surface area contributed by atoms with E-state index in [-0.39, 0.29) is 5.91 Å². The van der Waals surface area contributed by atoms with Gasteiger partial charge in [-0.2, -0.15) is 0 Å². The van der Waals surface area contributed by atoms with E-state index in [0.29, 0.717) is 33.0 Å². The van der Waals surface area contributed by atoms with Crippen LogP contribution in [0.4, 0.5) is 0 Å². The van der Waals surface area contributed by atoms with Crippen LogP contribution < -0.4 is 10.1 Å². The molecule has 3 rings (SSSR count). The van der Waals surface area contributed by atoms with Crippen molar-refractivity contribution in [1.29, 1.82) is 0 Å². The molecule has 0 unspecified atom stereocenters. The van der Waals surface area contributed by atoms with Crippen molar-refractivity contribution >= 4 is 28.4 Å². The molecule has 2 heterocycles. The molecular formula is C17H16ClN3O3. The average molecular weight is 346 g/mol. The number of amides is 1. The molecule has 1 amide bonds. The van der Waals surface area contributed by atoms with Crippen molar-refractivity contribution in [3.05, 3.63) is 40.4 Å². The fourth-order valence-electron chi connectivity index (χ4n) is 2.71. The maximum absolute atomic E-state index is 11.9. The highest BCUT2D eigenvalue weighted by molar-refractivity contribution is 6.38. The first-order valence-corrected chi connectivity index (χ1v) is 7.67. The van der Waals surface area contributed by atoms with Crippen molar-refractivity contribution < 1.29 is 14.1 Å². The highest BCUT2D eigenvalue weighted by Crippen LogP contribution is 2.39. The molecule has 0 aliphatic carbocycles. The number of aromatic nitrogens is 2. The predicted molar refractivity (Wildman–Crippen MR) is 91.7 cm³/mol. The number of hydrogen-bond acceptors (Lipinski definition) is 5. The second kappa shape index (κ2) is 6.13. The molecule has 7 heteroatoms. The quantitative estimate of drug-likeness (QED) is 0.785. The van der Waals surface area contributed by atoms with Crippen LogP contribution in [-0.4, -0.2) is 30.2 Å². The highest BCUT2D eigenvalue weighted by atomic mass is 35.5. The molecular weight excluding hydrogens is 330 g/mol. The molecule has 0 aliphatic heterocycles. The van der Waals surface area contributed by atoms with Crippen LogP contribution in [0.3, 0.4) is 0 Å². The third-order valence-corrected chi connectivity index (χ3v) is 4.31. The number of carbonyl (C=O) groups is 1. The van der Waals surface area contributed by atoms with Gasteiger partial charge >= 0.3 is 0 Å². The van der Waals surface area contributed by atoms with Crippen LogP contribution in [0.25, 0.3) is 22.0 Å². The molecule has 0 fully saturated rings. The number of benzene rings is 1. The van der Waals surface area contributed by atoms with Gasteiger partial charge in [0.25, 0.3) is 5.91 Å². The lowest BCUT2D eigenvalue weighted by Crippen LogP contribution is -2.18. The van der Waals surface area contributed by atoms with Gasteiger partial charge in [-0.15, -0.1) is 0 Å². The van der Waals surface area contributed by atoms with Gasteiger partial charge in [0.05, 0.1) is 34.5 Å². The molecule has 3 aromatic rings. The molecule has 124 valence electrons. The summed E-state index contributed by atoms with van der Waals surface area (Å²) >= 11 is 6.40. The minimum Gasteiger partial charge on any atom is -0.496 e. The second-order valence-electron chi connectivity index (χ2n) is 5.33. The Morgan fingerprint density at radius 2 is 2.08 bits per heavy atom. The van der Waals surface area contributed by atoms with E-state index in [4.69, 9.17) is 20.9 Å². The predicted octanol–water partition coefficient (Wildman–Crippen LogP) is 3.53. The van der Waals surface area contributed by atoms with Crippen LogP contribution in [0.1, 0.15) is 21.8 Å². The minimum absolute atomic E-state index is 0.289. The SMILES string of the molecule is CNC(=O)c1cnc2cc(-c3c(C)noc3C)c(OC)cc2c1Cl. The van der Waals surface area contributed by atoms with Crippen LogP contribution in [0.15, 0.2) is 22.9 Å². The first-order valence-electron chi connectivity index (χ1n) is 7.29. The topological polar surface area (TPSA) is 77.3 Å². The Labute approximate surface area is 143 Å². The number of carbonyl (C=O) groups excluding carboxylic acids is 1. The van der Waals surface area contributed by atoms with E-state index in [0.717, 1.165) is 16.8 Å². The molecule has 0 saturated heterocycles. The molecule has 0 spiro atoms. The molecule has 0 aliphatic rings. The van der Waals surface area contributed by atoms with Crippen LogP contribution in [0.2, 0.25) is 5.02 Å². The Kier molecular flexibility index (Phi) is 4.15. The molecule has 2 aromatic heterocycles. The fraction of sp³-hybridized carbons (Fsp3) is 0.235. The maximum Gasteiger partial charge on any atom is 0.254 e. The molecule has 0 radical (unpaired) electrons. The van der Waals surface area contributed by atoms with E-state index in [2.05, 4.69) is 15.5 Å². The molecule has 0 bridgehead atoms. The van der Waals surface area contributed by atoms with Crippen LogP contribution in [0.5, 0.6) is 5.75 Å². The summed E-state index contributed by atoms with van der Waals surface area (Å²) in [5.41, 5.74) is 3.42. The molecule has 0 saturated carbocycles. The Hall–Kier alpha value is -2.60. The largest absolute Gasteiger partial charge is 0.496 e. The smallest absolute Gasteiger partial charge is 0.254 e. The number of fused-ring (bicyclic) bond motifs is 1. The van der Waals surface area contributed by atoms with Gasteiger partial charge in [0.15, 0.2) is 0 Å². The van der Waals surface area contributed by atoms with Crippen LogP contribution in [0, 0.1) is 13.8 Å². The van der Waals surface area contributed by atoms with Gasteiger partial charge < -0.3 is 14.6 Å². The fourth-order valence-corrected chi connectivity index (χ4v) is 3.00. The summed E-state index contributed by atoms with van der Waals surface area (Å²) in [7, 11) is 3.12. The molecule has 1 aromatic carbocycles. The van der Waals surface area contributed by atoms with E-state index in [9.17, 15) is 4.79 Å². The number of hydrogen-bond donors (Lipinski definition) is 1. The third-order valence-electron chi connectivity index (χ3n) is 3.90. The van der Waals surface area contributed by atoms with Crippen molar-refractivity contribution in [3.8, 4) is 16.9 Å². The highest BCUT2D eigenvalue weighted by Gasteiger charge is 2.20. The standard InChI is InChI=1S/C17H16ClN3O3/c1-8-15(9(2)24-21-8)11-5-13-10(6-14(11)23-4)16(18)12(7-20-13)17(22)19-3/h5-7H,1-4H3,(H,19,22). The number of methoxy groups -OCH3 is 1. The summed E-state index contributed by atoms with van der Waals surface area (Å²) < 4.78 is 10.8. The van der Waals surface area contributed by atoms with E-state index in [1.54, 1.807) is 20.2 Å². The van der Waals surface area contributed by atoms with E-state index >= 15 is 0 Å². The summed E-state index contributed by atoms with van der Waals surface area (Å²) in [5, 5.41) is 7.51. The summed E-state index contributed by atoms with van der Waals surface area (Å²) in [6.45, 7) is 3.71. The summed E-state index contributed by atoms with van der Waals surface area (Å²) in [4.78, 5) is 16.3. The lowest BCUT2D eigenvalue weighted by Gasteiger charge is -2.12. The molecule has 24 heavy (non-hydrogen) atoms. The number of nitrogens with one attached hydrogen (secondary N) is 1. The number of rotatable bonds is 3. The monoisotopic (exact) mass is 345 g/mol. The maximum atomic E-state index is 11.9. The first kappa shape index (κ1) is 16.3. The van der Waals surface area contributed by atoms with Gasteiger partial charge in [0.1, 0.15) is 11.5 Å².